The van der Waals surface area contributed by atoms with Crippen molar-refractivity contribution in [3.05, 3.63) is 76.9 Å². The van der Waals surface area contributed by atoms with Gasteiger partial charge in [-0.15, -0.1) is 0 Å². The average Bonchev–Trinajstić information content (AvgIpc) is 3.43. The number of aromatic nitrogens is 1. The Morgan fingerprint density at radius 3 is 2.27 bits per heavy atom. The molecule has 1 N–H and O–H groups in total. The highest BCUT2D eigenvalue weighted by molar-refractivity contribution is 7.90. The van der Waals surface area contributed by atoms with Crippen molar-refractivity contribution >= 4 is 43.6 Å². The molecule has 2 amide bonds. The van der Waals surface area contributed by atoms with Crippen LogP contribution in [-0.4, -0.2) is 29.5 Å². The van der Waals surface area contributed by atoms with E-state index in [0.717, 1.165) is 40.4 Å². The summed E-state index contributed by atoms with van der Waals surface area (Å²) in [6.07, 6.45) is 2.31. The van der Waals surface area contributed by atoms with E-state index >= 15 is 0 Å². The lowest BCUT2D eigenvalue weighted by atomic mass is 9.94. The maximum atomic E-state index is 13.5. The summed E-state index contributed by atoms with van der Waals surface area (Å²) >= 11 is 0. The van der Waals surface area contributed by atoms with Crippen LogP contribution in [0.3, 0.4) is 0 Å². The highest BCUT2D eigenvalue weighted by Crippen LogP contribution is 2.44. The maximum Gasteiger partial charge on any atom is 0.276 e. The first-order valence-electron chi connectivity index (χ1n) is 9.77. The standard InChI is InChI=1S/C23H16N2O4S/c26-22-19-14-10-6-11-15(14)21-18(16-9-4-5-12-17(16)24-21)20(19)23(27)25(22)30(28,29)13-7-2-1-3-8-13/h1-5,7-9,12,24H,6,10-11H2. The van der Waals surface area contributed by atoms with Gasteiger partial charge in [0.1, 0.15) is 0 Å². The fourth-order valence-corrected chi connectivity index (χ4v) is 6.19. The van der Waals surface area contributed by atoms with Crippen molar-refractivity contribution in [2.75, 3.05) is 0 Å². The summed E-state index contributed by atoms with van der Waals surface area (Å²) in [5, 5.41) is 1.46. The number of carbonyl (C=O) groups excluding carboxylic acids is 2. The average molecular weight is 416 g/mol. The molecule has 1 aliphatic heterocycles. The fraction of sp³-hybridized carbons (Fsp3) is 0.130. The maximum absolute atomic E-state index is 13.5. The van der Waals surface area contributed by atoms with Crippen LogP contribution in [0.15, 0.2) is 59.5 Å². The minimum Gasteiger partial charge on any atom is -0.354 e. The third-order valence-corrected chi connectivity index (χ3v) is 7.79. The van der Waals surface area contributed by atoms with E-state index in [1.165, 1.54) is 12.1 Å². The predicted octanol–water partition coefficient (Wildman–Crippen LogP) is 3.79. The number of amides is 2. The molecule has 0 atom stereocenters. The molecule has 2 heterocycles. The van der Waals surface area contributed by atoms with Crippen molar-refractivity contribution in [1.82, 2.24) is 9.29 Å². The third kappa shape index (κ3) is 2.05. The number of benzene rings is 3. The van der Waals surface area contributed by atoms with Gasteiger partial charge >= 0.3 is 0 Å². The molecule has 6 nitrogen and oxygen atoms in total. The summed E-state index contributed by atoms with van der Waals surface area (Å²) in [5.41, 5.74) is 3.97. The summed E-state index contributed by atoms with van der Waals surface area (Å²) in [6.45, 7) is 0. The Morgan fingerprint density at radius 2 is 1.47 bits per heavy atom. The van der Waals surface area contributed by atoms with Crippen LogP contribution in [0.25, 0.3) is 21.8 Å². The number of hydrogen-bond acceptors (Lipinski definition) is 4. The summed E-state index contributed by atoms with van der Waals surface area (Å²) in [4.78, 5) is 30.2. The van der Waals surface area contributed by atoms with Gasteiger partial charge in [0.15, 0.2) is 0 Å². The van der Waals surface area contributed by atoms with Gasteiger partial charge in [-0.2, -0.15) is 4.31 Å². The second kappa shape index (κ2) is 5.79. The molecule has 0 spiro atoms. The SMILES string of the molecule is O=C1c2c3c(c4[nH]c5ccccc5c4c2C(=O)N1S(=O)(=O)c1ccccc1)CCC3. The van der Waals surface area contributed by atoms with Crippen LogP contribution in [0.1, 0.15) is 38.3 Å². The van der Waals surface area contributed by atoms with Gasteiger partial charge in [0.2, 0.25) is 0 Å². The zero-order valence-corrected chi connectivity index (χ0v) is 16.6. The Bertz CT molecular complexity index is 1520. The number of rotatable bonds is 2. The number of sulfonamides is 1. The molecule has 2 aliphatic rings. The van der Waals surface area contributed by atoms with Crippen LogP contribution in [0.2, 0.25) is 0 Å². The minimum absolute atomic E-state index is 0.0775. The van der Waals surface area contributed by atoms with Crippen LogP contribution < -0.4 is 0 Å². The van der Waals surface area contributed by atoms with E-state index in [0.29, 0.717) is 16.1 Å². The Morgan fingerprint density at radius 1 is 0.800 bits per heavy atom. The molecular formula is C23H16N2O4S. The predicted molar refractivity (Wildman–Crippen MR) is 112 cm³/mol. The van der Waals surface area contributed by atoms with Gasteiger partial charge in [-0.1, -0.05) is 36.4 Å². The molecule has 30 heavy (non-hydrogen) atoms. The zero-order chi connectivity index (χ0) is 20.6. The second-order valence-electron chi connectivity index (χ2n) is 7.67. The molecule has 4 aromatic rings. The van der Waals surface area contributed by atoms with Crippen molar-refractivity contribution < 1.29 is 18.0 Å². The first-order chi connectivity index (χ1) is 14.5. The Hall–Kier alpha value is -3.45. The molecule has 0 saturated heterocycles. The van der Waals surface area contributed by atoms with Crippen LogP contribution in [0.5, 0.6) is 0 Å². The Balaban J connectivity index is 1.70. The summed E-state index contributed by atoms with van der Waals surface area (Å²) in [7, 11) is -4.30. The van der Waals surface area contributed by atoms with Crippen LogP contribution >= 0.6 is 0 Å². The normalized spacial score (nSPS) is 15.9. The van der Waals surface area contributed by atoms with Gasteiger partial charge in [-0.05, 0) is 48.6 Å². The highest BCUT2D eigenvalue weighted by Gasteiger charge is 2.48. The lowest BCUT2D eigenvalue weighted by Crippen LogP contribution is -2.36. The molecule has 148 valence electrons. The summed E-state index contributed by atoms with van der Waals surface area (Å²) in [5.74, 6) is -1.52. The molecule has 7 heteroatoms. The van der Waals surface area contributed by atoms with E-state index in [1.807, 2.05) is 24.3 Å². The van der Waals surface area contributed by atoms with Crippen molar-refractivity contribution in [2.24, 2.45) is 0 Å². The van der Waals surface area contributed by atoms with Crippen LogP contribution in [0.4, 0.5) is 0 Å². The van der Waals surface area contributed by atoms with Gasteiger partial charge in [-0.3, -0.25) is 9.59 Å². The first kappa shape index (κ1) is 17.4. The number of carbonyl (C=O) groups is 2. The fourth-order valence-electron chi connectivity index (χ4n) is 4.86. The Kier molecular flexibility index (Phi) is 3.36. The van der Waals surface area contributed by atoms with Gasteiger partial charge in [-0.25, -0.2) is 8.42 Å². The zero-order valence-electron chi connectivity index (χ0n) is 15.8. The molecule has 6 rings (SSSR count). The molecule has 0 saturated carbocycles. The molecule has 0 fully saturated rings. The van der Waals surface area contributed by atoms with Gasteiger partial charge < -0.3 is 4.98 Å². The number of aromatic amines is 1. The first-order valence-corrected chi connectivity index (χ1v) is 11.2. The van der Waals surface area contributed by atoms with E-state index < -0.39 is 21.8 Å². The number of fused-ring (bicyclic) bond motifs is 8. The minimum atomic E-state index is -4.30. The second-order valence-corrected chi connectivity index (χ2v) is 9.46. The topological polar surface area (TPSA) is 87.3 Å². The number of nitrogens with zero attached hydrogens (tertiary/aromatic N) is 1. The largest absolute Gasteiger partial charge is 0.354 e. The van der Waals surface area contributed by atoms with Crippen LogP contribution in [-0.2, 0) is 22.9 Å². The van der Waals surface area contributed by atoms with E-state index in [-0.39, 0.29) is 16.0 Å². The van der Waals surface area contributed by atoms with E-state index in [1.54, 1.807) is 18.2 Å². The smallest absolute Gasteiger partial charge is 0.276 e. The van der Waals surface area contributed by atoms with Crippen molar-refractivity contribution in [1.29, 1.82) is 0 Å². The number of hydrogen-bond donors (Lipinski definition) is 1. The monoisotopic (exact) mass is 416 g/mol. The number of nitrogens with one attached hydrogen (secondary N) is 1. The number of H-pyrrole nitrogens is 1. The number of aryl methyl sites for hydroxylation is 1. The van der Waals surface area contributed by atoms with Crippen molar-refractivity contribution in [3.8, 4) is 0 Å². The summed E-state index contributed by atoms with van der Waals surface area (Å²) in [6, 6.07) is 15.2. The van der Waals surface area contributed by atoms with Crippen LogP contribution in [0, 0.1) is 0 Å². The van der Waals surface area contributed by atoms with E-state index in [4.69, 9.17) is 0 Å². The lowest BCUT2D eigenvalue weighted by Gasteiger charge is -2.14. The molecule has 1 aliphatic carbocycles. The quantitative estimate of drug-likeness (QED) is 0.504. The number of imide groups is 1. The third-order valence-electron chi connectivity index (χ3n) is 6.11. The molecular weight excluding hydrogens is 400 g/mol. The Labute approximate surface area is 172 Å². The number of para-hydroxylation sites is 1. The van der Waals surface area contributed by atoms with Crippen molar-refractivity contribution in [2.45, 2.75) is 24.2 Å². The molecule has 0 bridgehead atoms. The summed E-state index contributed by atoms with van der Waals surface area (Å²) < 4.78 is 26.9. The highest BCUT2D eigenvalue weighted by atomic mass is 32.2. The van der Waals surface area contributed by atoms with Gasteiger partial charge in [0, 0.05) is 16.3 Å². The van der Waals surface area contributed by atoms with E-state index in [2.05, 4.69) is 4.98 Å². The molecule has 1 aromatic heterocycles. The lowest BCUT2D eigenvalue weighted by molar-refractivity contribution is 0.0765. The molecule has 0 unspecified atom stereocenters. The van der Waals surface area contributed by atoms with Gasteiger partial charge in [0.25, 0.3) is 21.8 Å². The van der Waals surface area contributed by atoms with Gasteiger partial charge in [0.05, 0.1) is 21.5 Å². The molecule has 3 aromatic carbocycles. The van der Waals surface area contributed by atoms with Crippen molar-refractivity contribution in [3.63, 3.8) is 0 Å². The molecule has 0 radical (unpaired) electrons. The van der Waals surface area contributed by atoms with E-state index in [9.17, 15) is 18.0 Å².